The van der Waals surface area contributed by atoms with Gasteiger partial charge in [0.25, 0.3) is 5.56 Å². The van der Waals surface area contributed by atoms with Crippen LogP contribution in [-0.2, 0) is 11.8 Å². The number of esters is 1. The normalized spacial score (nSPS) is 10.8. The van der Waals surface area contributed by atoms with Gasteiger partial charge in [0.2, 0.25) is 5.88 Å². The number of aromatic hydroxyl groups is 1. The highest BCUT2D eigenvalue weighted by Gasteiger charge is 2.16. The number of aromatic nitrogens is 1. The molecule has 1 aromatic heterocycles. The number of pyridine rings is 1. The highest BCUT2D eigenvalue weighted by molar-refractivity contribution is 6.33. The highest BCUT2D eigenvalue weighted by Crippen LogP contribution is 2.25. The van der Waals surface area contributed by atoms with Crippen LogP contribution >= 0.6 is 11.6 Å². The summed E-state index contributed by atoms with van der Waals surface area (Å²) < 4.78 is 6.06. The van der Waals surface area contributed by atoms with Gasteiger partial charge in [-0.15, -0.1) is 0 Å². The largest absolute Gasteiger partial charge is 0.494 e. The molecule has 140 valence electrons. The van der Waals surface area contributed by atoms with Crippen molar-refractivity contribution in [2.75, 3.05) is 6.61 Å². The van der Waals surface area contributed by atoms with Crippen LogP contribution in [-0.4, -0.2) is 28.5 Å². The van der Waals surface area contributed by atoms with Crippen molar-refractivity contribution in [3.05, 3.63) is 55.8 Å². The summed E-state index contributed by atoms with van der Waals surface area (Å²) in [5.41, 5.74) is 0.471. The van der Waals surface area contributed by atoms with Crippen molar-refractivity contribution in [2.24, 2.45) is 12.0 Å². The molecule has 2 aromatic rings. The Hall–Kier alpha value is -3.11. The Morgan fingerprint density at radius 3 is 2.81 bits per heavy atom. The molecule has 0 aliphatic rings. The molecule has 0 bridgehead atoms. The number of hydrogen-bond acceptors (Lipinski definition) is 6. The highest BCUT2D eigenvalue weighted by atomic mass is 35.5. The molecule has 2 rings (SSSR count). The summed E-state index contributed by atoms with van der Waals surface area (Å²) >= 11 is 6.05. The molecule has 7 nitrogen and oxygen atoms in total. The zero-order valence-electron chi connectivity index (χ0n) is 15.1. The van der Waals surface area contributed by atoms with E-state index in [1.165, 1.54) is 25.4 Å². The van der Waals surface area contributed by atoms with Crippen molar-refractivity contribution >= 4 is 29.5 Å². The zero-order chi connectivity index (χ0) is 20.1. The van der Waals surface area contributed by atoms with Gasteiger partial charge in [-0.25, -0.2) is 4.79 Å². The Kier molecular flexibility index (Phi) is 6.37. The second kappa shape index (κ2) is 8.52. The van der Waals surface area contributed by atoms with E-state index in [0.717, 1.165) is 4.57 Å². The molecule has 0 fully saturated rings. The van der Waals surface area contributed by atoms with Crippen molar-refractivity contribution in [2.45, 2.75) is 20.3 Å². The molecule has 0 saturated carbocycles. The molecule has 0 aliphatic heterocycles. The van der Waals surface area contributed by atoms with E-state index >= 15 is 0 Å². The third-order valence-corrected chi connectivity index (χ3v) is 4.25. The molecule has 0 spiro atoms. The van der Waals surface area contributed by atoms with E-state index in [1.807, 2.05) is 13.0 Å². The van der Waals surface area contributed by atoms with Crippen LogP contribution in [0.5, 0.6) is 5.88 Å². The topological polar surface area (TPSA) is 105 Å². The van der Waals surface area contributed by atoms with Gasteiger partial charge in [-0.2, -0.15) is 5.26 Å². The van der Waals surface area contributed by atoms with Gasteiger partial charge < -0.3 is 9.84 Å². The fourth-order valence-electron chi connectivity index (χ4n) is 2.36. The molecular weight excluding hydrogens is 370 g/mol. The summed E-state index contributed by atoms with van der Waals surface area (Å²) in [6.07, 6.45) is 2.02. The van der Waals surface area contributed by atoms with Gasteiger partial charge in [-0.1, -0.05) is 18.5 Å². The lowest BCUT2D eigenvalue weighted by molar-refractivity contribution is 0.0505. The fourth-order valence-corrected chi connectivity index (χ4v) is 2.55. The maximum absolute atomic E-state index is 12.1. The van der Waals surface area contributed by atoms with Crippen molar-refractivity contribution in [1.29, 1.82) is 5.26 Å². The lowest BCUT2D eigenvalue weighted by Gasteiger charge is -2.10. The van der Waals surface area contributed by atoms with Gasteiger partial charge in [0.1, 0.15) is 11.6 Å². The van der Waals surface area contributed by atoms with Gasteiger partial charge in [0, 0.05) is 13.3 Å². The number of halogens is 1. The smallest absolute Gasteiger partial charge is 0.339 e. The fraction of sp³-hybridized carbons (Fsp3) is 0.263. The van der Waals surface area contributed by atoms with Crippen LogP contribution in [0.25, 0.3) is 0 Å². The summed E-state index contributed by atoms with van der Waals surface area (Å²) in [5.74, 6) is -0.858. The van der Waals surface area contributed by atoms with Crippen LogP contribution in [0.2, 0.25) is 5.02 Å². The van der Waals surface area contributed by atoms with Gasteiger partial charge in [-0.05, 0) is 37.1 Å². The monoisotopic (exact) mass is 387 g/mol. The van der Waals surface area contributed by atoms with Crippen LogP contribution in [0.4, 0.5) is 5.69 Å². The molecular formula is C19H18ClN3O4. The number of hydrogen-bond donors (Lipinski definition) is 1. The van der Waals surface area contributed by atoms with Crippen molar-refractivity contribution in [1.82, 2.24) is 4.57 Å². The van der Waals surface area contributed by atoms with Gasteiger partial charge in [-0.3, -0.25) is 14.4 Å². The Bertz CT molecular complexity index is 1020. The average molecular weight is 388 g/mol. The molecule has 0 radical (unpaired) electrons. The standard InChI is InChI=1S/C19H18ClN3O4/c1-4-7-27-19(26)13-8-12(5-6-16(13)20)22-10-15-11(2)14(9-21)17(24)23(3)18(15)25/h5-6,8,10,25H,4,7H2,1-3H3. The maximum Gasteiger partial charge on any atom is 0.339 e. The molecule has 27 heavy (non-hydrogen) atoms. The van der Waals surface area contributed by atoms with E-state index in [-0.39, 0.29) is 34.2 Å². The third kappa shape index (κ3) is 4.18. The Morgan fingerprint density at radius 1 is 1.48 bits per heavy atom. The Labute approximate surface area is 161 Å². The van der Waals surface area contributed by atoms with E-state index in [4.69, 9.17) is 21.6 Å². The molecule has 0 saturated heterocycles. The van der Waals surface area contributed by atoms with E-state index in [0.29, 0.717) is 17.7 Å². The number of aliphatic imine (C=N–C) groups is 1. The minimum absolute atomic E-state index is 0.0725. The van der Waals surface area contributed by atoms with Crippen LogP contribution < -0.4 is 5.56 Å². The number of ether oxygens (including phenoxy) is 1. The Balaban J connectivity index is 2.45. The zero-order valence-corrected chi connectivity index (χ0v) is 15.9. The molecule has 1 aromatic carbocycles. The second-order valence-electron chi connectivity index (χ2n) is 5.77. The van der Waals surface area contributed by atoms with E-state index in [1.54, 1.807) is 13.0 Å². The summed E-state index contributed by atoms with van der Waals surface area (Å²) in [7, 11) is 1.36. The summed E-state index contributed by atoms with van der Waals surface area (Å²) in [4.78, 5) is 28.3. The van der Waals surface area contributed by atoms with Crippen molar-refractivity contribution in [3.63, 3.8) is 0 Å². The van der Waals surface area contributed by atoms with Crippen molar-refractivity contribution in [3.8, 4) is 11.9 Å². The van der Waals surface area contributed by atoms with Gasteiger partial charge >= 0.3 is 5.97 Å². The first kappa shape index (κ1) is 20.2. The number of nitriles is 1. The number of carbonyl (C=O) groups excluding carboxylic acids is 1. The van der Waals surface area contributed by atoms with Crippen LogP contribution in [0, 0.1) is 18.3 Å². The first-order valence-electron chi connectivity index (χ1n) is 8.15. The number of benzene rings is 1. The predicted octanol–water partition coefficient (Wildman–Crippen LogP) is 3.24. The third-order valence-electron chi connectivity index (χ3n) is 3.92. The molecule has 0 aliphatic carbocycles. The van der Waals surface area contributed by atoms with E-state index in [9.17, 15) is 14.7 Å². The van der Waals surface area contributed by atoms with E-state index in [2.05, 4.69) is 4.99 Å². The molecule has 1 N–H and O–H groups in total. The minimum Gasteiger partial charge on any atom is -0.494 e. The van der Waals surface area contributed by atoms with Crippen molar-refractivity contribution < 1.29 is 14.6 Å². The molecule has 0 atom stereocenters. The van der Waals surface area contributed by atoms with Crippen LogP contribution in [0.15, 0.2) is 28.0 Å². The lowest BCUT2D eigenvalue weighted by Crippen LogP contribution is -2.22. The predicted molar refractivity (Wildman–Crippen MR) is 102 cm³/mol. The first-order valence-corrected chi connectivity index (χ1v) is 8.53. The number of nitrogens with zero attached hydrogens (tertiary/aromatic N) is 3. The first-order chi connectivity index (χ1) is 12.8. The molecule has 1 heterocycles. The summed E-state index contributed by atoms with van der Waals surface area (Å²) in [5, 5.41) is 19.6. The van der Waals surface area contributed by atoms with Crippen LogP contribution in [0.3, 0.4) is 0 Å². The average Bonchev–Trinajstić information content (AvgIpc) is 2.66. The van der Waals surface area contributed by atoms with Gasteiger partial charge in [0.05, 0.1) is 28.4 Å². The van der Waals surface area contributed by atoms with Gasteiger partial charge in [0.15, 0.2) is 0 Å². The Morgan fingerprint density at radius 2 is 2.19 bits per heavy atom. The maximum atomic E-state index is 12.1. The summed E-state index contributed by atoms with van der Waals surface area (Å²) in [6, 6.07) is 6.42. The summed E-state index contributed by atoms with van der Waals surface area (Å²) in [6.45, 7) is 3.72. The molecule has 8 heteroatoms. The quantitative estimate of drug-likeness (QED) is 0.626. The number of rotatable bonds is 5. The minimum atomic E-state index is -0.586. The molecule has 0 unspecified atom stereocenters. The number of carbonyl (C=O) groups is 1. The van der Waals surface area contributed by atoms with Crippen LogP contribution in [0.1, 0.15) is 40.4 Å². The van der Waals surface area contributed by atoms with E-state index < -0.39 is 11.5 Å². The second-order valence-corrected chi connectivity index (χ2v) is 6.18. The lowest BCUT2D eigenvalue weighted by atomic mass is 10.1. The molecule has 0 amide bonds. The SMILES string of the molecule is CCCOC(=O)c1cc(N=Cc2c(C)c(C#N)c(=O)n(C)c2O)ccc1Cl.